The normalized spacial score (nSPS) is 10.4. The van der Waals surface area contributed by atoms with E-state index in [9.17, 15) is 4.79 Å². The number of halogens is 1. The Labute approximate surface area is 148 Å². The Bertz CT molecular complexity index is 910. The van der Waals surface area contributed by atoms with E-state index < -0.39 is 5.91 Å². The first kappa shape index (κ1) is 16.8. The first-order valence-corrected chi connectivity index (χ1v) is 7.62. The van der Waals surface area contributed by atoms with Crippen LogP contribution in [0.1, 0.15) is 10.4 Å². The number of anilines is 1. The standard InChI is InChI=1S/C17H14ClN3O4/c1-23-13-8-7-10(9-14(13)24-2)15(22)19-17-21-20-16(25-17)11-5-3-4-6-12(11)18/h3-9H,1-2H3,(H,19,21,22). The van der Waals surface area contributed by atoms with Gasteiger partial charge in [0.2, 0.25) is 0 Å². The summed E-state index contributed by atoms with van der Waals surface area (Å²) in [5, 5.41) is 10.7. The zero-order valence-corrected chi connectivity index (χ0v) is 14.2. The maximum absolute atomic E-state index is 12.3. The van der Waals surface area contributed by atoms with E-state index in [0.29, 0.717) is 27.6 Å². The molecule has 128 valence electrons. The van der Waals surface area contributed by atoms with Crippen LogP contribution in [0.4, 0.5) is 6.01 Å². The van der Waals surface area contributed by atoms with Crippen LogP contribution in [0, 0.1) is 0 Å². The third kappa shape index (κ3) is 3.56. The van der Waals surface area contributed by atoms with E-state index in [2.05, 4.69) is 15.5 Å². The average Bonchev–Trinajstić information content (AvgIpc) is 3.09. The van der Waals surface area contributed by atoms with Crippen LogP contribution >= 0.6 is 11.6 Å². The number of amides is 1. The Morgan fingerprint density at radius 1 is 1.08 bits per heavy atom. The number of carbonyl (C=O) groups is 1. The largest absolute Gasteiger partial charge is 0.493 e. The minimum absolute atomic E-state index is 0.0327. The fraction of sp³-hybridized carbons (Fsp3) is 0.118. The molecule has 0 unspecified atom stereocenters. The molecule has 3 rings (SSSR count). The number of carbonyl (C=O) groups excluding carboxylic acids is 1. The van der Waals surface area contributed by atoms with Crippen LogP contribution < -0.4 is 14.8 Å². The lowest BCUT2D eigenvalue weighted by atomic mass is 10.2. The lowest BCUT2D eigenvalue weighted by Gasteiger charge is -2.08. The zero-order valence-electron chi connectivity index (χ0n) is 13.4. The van der Waals surface area contributed by atoms with Crippen LogP contribution in [0.15, 0.2) is 46.9 Å². The predicted molar refractivity (Wildman–Crippen MR) is 92.2 cm³/mol. The second-order valence-electron chi connectivity index (χ2n) is 4.92. The molecule has 2 aromatic carbocycles. The van der Waals surface area contributed by atoms with Gasteiger partial charge in [-0.2, -0.15) is 0 Å². The first-order valence-electron chi connectivity index (χ1n) is 7.24. The van der Waals surface area contributed by atoms with Crippen molar-refractivity contribution in [1.82, 2.24) is 10.2 Å². The van der Waals surface area contributed by atoms with Crippen molar-refractivity contribution in [3.05, 3.63) is 53.1 Å². The lowest BCUT2D eigenvalue weighted by molar-refractivity contribution is 0.102. The van der Waals surface area contributed by atoms with E-state index in [0.717, 1.165) is 0 Å². The van der Waals surface area contributed by atoms with Crippen LogP contribution in [0.2, 0.25) is 5.02 Å². The van der Waals surface area contributed by atoms with E-state index in [4.69, 9.17) is 25.5 Å². The molecule has 1 aromatic heterocycles. The average molecular weight is 360 g/mol. The third-order valence-corrected chi connectivity index (χ3v) is 3.73. The van der Waals surface area contributed by atoms with E-state index in [1.165, 1.54) is 14.2 Å². The molecular weight excluding hydrogens is 346 g/mol. The van der Waals surface area contributed by atoms with Crippen molar-refractivity contribution in [2.75, 3.05) is 19.5 Å². The summed E-state index contributed by atoms with van der Waals surface area (Å²) in [6, 6.07) is 11.8. The van der Waals surface area contributed by atoms with E-state index in [-0.39, 0.29) is 11.9 Å². The first-order chi connectivity index (χ1) is 12.1. The molecular formula is C17H14ClN3O4. The van der Waals surface area contributed by atoms with Crippen molar-refractivity contribution in [1.29, 1.82) is 0 Å². The van der Waals surface area contributed by atoms with Crippen LogP contribution in [0.25, 0.3) is 11.5 Å². The number of benzene rings is 2. The zero-order chi connectivity index (χ0) is 17.8. The van der Waals surface area contributed by atoms with Crippen molar-refractivity contribution in [2.45, 2.75) is 0 Å². The summed E-state index contributed by atoms with van der Waals surface area (Å²) in [4.78, 5) is 12.3. The number of hydrogen-bond donors (Lipinski definition) is 1. The third-order valence-electron chi connectivity index (χ3n) is 3.40. The highest BCUT2D eigenvalue weighted by Crippen LogP contribution is 2.29. The van der Waals surface area contributed by atoms with Gasteiger partial charge in [-0.1, -0.05) is 28.8 Å². The molecule has 0 fully saturated rings. The number of ether oxygens (including phenoxy) is 2. The quantitative estimate of drug-likeness (QED) is 0.748. The molecule has 8 heteroatoms. The smallest absolute Gasteiger partial charge is 0.322 e. The van der Waals surface area contributed by atoms with Crippen molar-refractivity contribution in [3.8, 4) is 23.0 Å². The Balaban J connectivity index is 1.79. The Morgan fingerprint density at radius 2 is 1.84 bits per heavy atom. The van der Waals surface area contributed by atoms with E-state index in [1.807, 2.05) is 0 Å². The fourth-order valence-electron chi connectivity index (χ4n) is 2.16. The molecule has 0 aliphatic rings. The molecule has 0 radical (unpaired) electrons. The van der Waals surface area contributed by atoms with Crippen molar-refractivity contribution >= 4 is 23.5 Å². The SMILES string of the molecule is COc1ccc(C(=O)Nc2nnc(-c3ccccc3Cl)o2)cc1OC. The Hall–Kier alpha value is -3.06. The van der Waals surface area contributed by atoms with Crippen LogP contribution in [-0.4, -0.2) is 30.3 Å². The van der Waals surface area contributed by atoms with Gasteiger partial charge in [-0.15, -0.1) is 5.10 Å². The summed E-state index contributed by atoms with van der Waals surface area (Å²) in [6.45, 7) is 0. The maximum Gasteiger partial charge on any atom is 0.322 e. The van der Waals surface area contributed by atoms with Gasteiger partial charge >= 0.3 is 6.01 Å². The summed E-state index contributed by atoms with van der Waals surface area (Å²) >= 11 is 6.09. The highest BCUT2D eigenvalue weighted by atomic mass is 35.5. The molecule has 7 nitrogen and oxygen atoms in total. The minimum Gasteiger partial charge on any atom is -0.493 e. The molecule has 0 aliphatic heterocycles. The monoisotopic (exact) mass is 359 g/mol. The van der Waals surface area contributed by atoms with E-state index >= 15 is 0 Å². The molecule has 0 atom stereocenters. The fourth-order valence-corrected chi connectivity index (χ4v) is 2.38. The van der Waals surface area contributed by atoms with Gasteiger partial charge in [-0.3, -0.25) is 10.1 Å². The van der Waals surface area contributed by atoms with E-state index in [1.54, 1.807) is 42.5 Å². The molecule has 0 saturated heterocycles. The van der Waals surface area contributed by atoms with Gasteiger partial charge in [0.05, 0.1) is 24.8 Å². The second-order valence-corrected chi connectivity index (χ2v) is 5.32. The summed E-state index contributed by atoms with van der Waals surface area (Å²) in [5.74, 6) is 0.763. The van der Waals surface area contributed by atoms with Gasteiger partial charge in [-0.25, -0.2) is 0 Å². The minimum atomic E-state index is -0.421. The van der Waals surface area contributed by atoms with Crippen molar-refractivity contribution < 1.29 is 18.7 Å². The summed E-state index contributed by atoms with van der Waals surface area (Å²) in [7, 11) is 3.01. The summed E-state index contributed by atoms with van der Waals surface area (Å²) in [5.41, 5.74) is 0.943. The van der Waals surface area contributed by atoms with Crippen molar-refractivity contribution in [2.24, 2.45) is 0 Å². The van der Waals surface area contributed by atoms with Gasteiger partial charge in [-0.05, 0) is 30.3 Å². The molecule has 0 bridgehead atoms. The number of aromatic nitrogens is 2. The van der Waals surface area contributed by atoms with Gasteiger partial charge in [0.1, 0.15) is 0 Å². The maximum atomic E-state index is 12.3. The molecule has 1 N–H and O–H groups in total. The molecule has 1 amide bonds. The van der Waals surface area contributed by atoms with Gasteiger partial charge in [0, 0.05) is 5.56 Å². The molecule has 25 heavy (non-hydrogen) atoms. The molecule has 3 aromatic rings. The topological polar surface area (TPSA) is 86.5 Å². The van der Waals surface area contributed by atoms with Crippen LogP contribution in [-0.2, 0) is 0 Å². The number of hydrogen-bond acceptors (Lipinski definition) is 6. The molecule has 1 heterocycles. The lowest BCUT2D eigenvalue weighted by Crippen LogP contribution is -2.12. The highest BCUT2D eigenvalue weighted by molar-refractivity contribution is 6.33. The molecule has 0 aliphatic carbocycles. The van der Waals surface area contributed by atoms with Gasteiger partial charge in [0.15, 0.2) is 11.5 Å². The number of rotatable bonds is 5. The Kier molecular flexibility index (Phi) is 4.85. The van der Waals surface area contributed by atoms with Gasteiger partial charge in [0.25, 0.3) is 11.8 Å². The highest BCUT2D eigenvalue weighted by Gasteiger charge is 2.16. The number of nitrogens with zero attached hydrogens (tertiary/aromatic N) is 2. The summed E-state index contributed by atoms with van der Waals surface area (Å²) in [6.07, 6.45) is 0. The second kappa shape index (κ2) is 7.23. The number of methoxy groups -OCH3 is 2. The Morgan fingerprint density at radius 3 is 2.56 bits per heavy atom. The summed E-state index contributed by atoms with van der Waals surface area (Å²) < 4.78 is 15.8. The number of nitrogens with one attached hydrogen (secondary N) is 1. The van der Waals surface area contributed by atoms with Gasteiger partial charge < -0.3 is 13.9 Å². The molecule has 0 saturated carbocycles. The van der Waals surface area contributed by atoms with Crippen LogP contribution in [0.3, 0.4) is 0 Å². The molecule has 0 spiro atoms. The van der Waals surface area contributed by atoms with Crippen molar-refractivity contribution in [3.63, 3.8) is 0 Å². The van der Waals surface area contributed by atoms with Crippen LogP contribution in [0.5, 0.6) is 11.5 Å². The predicted octanol–water partition coefficient (Wildman–Crippen LogP) is 3.66.